The minimum Gasteiger partial charge on any atom is -0.292 e. The minimum atomic E-state index is -4.32. The molecule has 6 nitrogen and oxygen atoms in total. The molecule has 2 heterocycles. The summed E-state index contributed by atoms with van der Waals surface area (Å²) in [5.41, 5.74) is 1.69. The highest BCUT2D eigenvalue weighted by molar-refractivity contribution is 7.93. The van der Waals surface area contributed by atoms with E-state index < -0.39 is 26.6 Å². The Kier molecular flexibility index (Phi) is 5.47. The van der Waals surface area contributed by atoms with Crippen molar-refractivity contribution in [1.29, 1.82) is 0 Å². The second-order valence-corrected chi connectivity index (χ2v) is 11.0. The number of piperidine rings is 1. The summed E-state index contributed by atoms with van der Waals surface area (Å²) in [5, 5.41) is -0.0121. The number of hydrogen-bond donors (Lipinski definition) is 1. The fraction of sp³-hybridized carbons (Fsp3) is 0.364. The van der Waals surface area contributed by atoms with Crippen LogP contribution >= 0.6 is 11.5 Å². The first-order chi connectivity index (χ1) is 15.4. The highest BCUT2D eigenvalue weighted by atomic mass is 32.2. The third-order valence-electron chi connectivity index (χ3n) is 6.48. The van der Waals surface area contributed by atoms with Crippen molar-refractivity contribution in [1.82, 2.24) is 14.3 Å². The largest absolute Gasteiger partial charge is 0.292 e. The van der Waals surface area contributed by atoms with Crippen molar-refractivity contribution in [3.8, 4) is 0 Å². The first-order valence-electron chi connectivity index (χ1n) is 10.4. The van der Waals surface area contributed by atoms with E-state index in [9.17, 15) is 17.2 Å². The normalized spacial score (nSPS) is 20.4. The van der Waals surface area contributed by atoms with Gasteiger partial charge in [-0.25, -0.2) is 22.2 Å². The van der Waals surface area contributed by atoms with Gasteiger partial charge in [-0.3, -0.25) is 9.62 Å². The molecule has 1 spiro atoms. The number of nitrogens with one attached hydrogen (secondary N) is 1. The Morgan fingerprint density at radius 1 is 1.12 bits per heavy atom. The second kappa shape index (κ2) is 8.17. The predicted molar refractivity (Wildman–Crippen MR) is 118 cm³/mol. The van der Waals surface area contributed by atoms with Crippen LogP contribution in [0.5, 0.6) is 0 Å². The summed E-state index contributed by atoms with van der Waals surface area (Å²) in [5.74, 6) is -1.74. The number of hydrogen-bond acceptors (Lipinski definition) is 6. The number of rotatable bonds is 6. The molecule has 0 bridgehead atoms. The number of aromatic nitrogens is 2. The summed E-state index contributed by atoms with van der Waals surface area (Å²) >= 11 is 0.810. The molecule has 1 unspecified atom stereocenters. The van der Waals surface area contributed by atoms with E-state index in [1.54, 1.807) is 0 Å². The number of sulfonamides is 1. The Morgan fingerprint density at radius 3 is 2.59 bits per heavy atom. The minimum absolute atomic E-state index is 0.0121. The molecule has 168 valence electrons. The maximum Gasteiger partial charge on any atom is 0.266 e. The van der Waals surface area contributed by atoms with Crippen LogP contribution in [-0.4, -0.2) is 29.2 Å². The van der Waals surface area contributed by atoms with E-state index in [0.29, 0.717) is 5.41 Å². The lowest BCUT2D eigenvalue weighted by Gasteiger charge is -2.40. The zero-order valence-corrected chi connectivity index (χ0v) is 18.8. The van der Waals surface area contributed by atoms with Gasteiger partial charge in [0.25, 0.3) is 10.0 Å². The van der Waals surface area contributed by atoms with Crippen LogP contribution in [-0.2, 0) is 16.6 Å². The first kappa shape index (κ1) is 21.4. The van der Waals surface area contributed by atoms with Crippen molar-refractivity contribution in [2.75, 3.05) is 11.3 Å². The monoisotopic (exact) mass is 476 g/mol. The molecule has 1 aromatic heterocycles. The second-order valence-electron chi connectivity index (χ2n) is 8.58. The van der Waals surface area contributed by atoms with Crippen molar-refractivity contribution in [2.45, 2.75) is 43.2 Å². The highest BCUT2D eigenvalue weighted by Gasteiger charge is 2.48. The summed E-state index contributed by atoms with van der Waals surface area (Å²) in [7, 11) is -4.32. The summed E-state index contributed by atoms with van der Waals surface area (Å²) < 4.78 is 60.6. The predicted octanol–water partition coefficient (Wildman–Crippen LogP) is 4.73. The lowest BCUT2D eigenvalue weighted by Crippen LogP contribution is -2.37. The van der Waals surface area contributed by atoms with E-state index in [0.717, 1.165) is 43.1 Å². The van der Waals surface area contributed by atoms with Crippen LogP contribution in [0.1, 0.15) is 42.9 Å². The molecule has 2 aliphatic rings. The van der Waals surface area contributed by atoms with E-state index in [2.05, 4.69) is 31.1 Å². The molecular weight excluding hydrogens is 454 g/mol. The van der Waals surface area contributed by atoms with Gasteiger partial charge >= 0.3 is 0 Å². The van der Waals surface area contributed by atoms with Crippen LogP contribution in [0.25, 0.3) is 0 Å². The van der Waals surface area contributed by atoms with E-state index in [-0.39, 0.29) is 23.3 Å². The molecule has 1 saturated heterocycles. The molecule has 32 heavy (non-hydrogen) atoms. The van der Waals surface area contributed by atoms with Crippen LogP contribution in [0, 0.1) is 17.0 Å². The van der Waals surface area contributed by atoms with Gasteiger partial charge in [-0.15, -0.1) is 0 Å². The Labute approximate surface area is 189 Å². The summed E-state index contributed by atoms with van der Waals surface area (Å²) in [6.07, 6.45) is 5.66. The molecule has 1 saturated carbocycles. The van der Waals surface area contributed by atoms with Gasteiger partial charge in [0.05, 0.1) is 0 Å². The number of benzene rings is 2. The Bertz CT molecular complexity index is 1220. The fourth-order valence-electron chi connectivity index (χ4n) is 4.51. The average Bonchev–Trinajstić information content (AvgIpc) is 3.33. The number of nitrogens with zero attached hydrogens (tertiary/aromatic N) is 3. The average molecular weight is 477 g/mol. The lowest BCUT2D eigenvalue weighted by molar-refractivity contribution is 0.0928. The molecule has 1 aliphatic heterocycles. The quantitative estimate of drug-likeness (QED) is 0.557. The molecular formula is C22H22F2N4O2S2. The topological polar surface area (TPSA) is 75.2 Å². The molecule has 2 fully saturated rings. The van der Waals surface area contributed by atoms with Gasteiger partial charge in [0.15, 0.2) is 0 Å². The summed E-state index contributed by atoms with van der Waals surface area (Å²) in [4.78, 5) is 5.15. The van der Waals surface area contributed by atoms with E-state index in [1.807, 2.05) is 18.2 Å². The molecule has 1 atom stereocenters. The van der Waals surface area contributed by atoms with Gasteiger partial charge in [-0.2, -0.15) is 4.37 Å². The maximum atomic E-state index is 15.0. The standard InChI is InChI=1S/C22H22F2N4O2S2/c23-17-11-20(32(29,30)27-21-25-14-26-31-21)18(24)10-16(17)13-28-9-8-22(6-7-22)12-19(28)15-4-2-1-3-5-15/h1-5,10-11,14,19H,6-9,12-13H2,(H,25,26,27). The van der Waals surface area contributed by atoms with Gasteiger partial charge in [-0.05, 0) is 55.3 Å². The van der Waals surface area contributed by atoms with E-state index in [1.165, 1.54) is 24.7 Å². The molecule has 5 rings (SSSR count). The van der Waals surface area contributed by atoms with Crippen molar-refractivity contribution < 1.29 is 17.2 Å². The lowest BCUT2D eigenvalue weighted by atomic mass is 9.84. The van der Waals surface area contributed by atoms with E-state index >= 15 is 0 Å². The fourth-order valence-corrected chi connectivity index (χ4v) is 6.24. The van der Waals surface area contributed by atoms with Gasteiger partial charge < -0.3 is 0 Å². The molecule has 0 radical (unpaired) electrons. The zero-order valence-electron chi connectivity index (χ0n) is 17.2. The van der Waals surface area contributed by atoms with Gasteiger partial charge in [0, 0.05) is 29.7 Å². The first-order valence-corrected chi connectivity index (χ1v) is 12.7. The van der Waals surface area contributed by atoms with Crippen molar-refractivity contribution in [3.63, 3.8) is 0 Å². The third kappa shape index (κ3) is 4.26. The SMILES string of the molecule is O=S(=O)(Nc1ncns1)c1cc(F)c(CN2CCC3(CC3)CC2c2ccccc2)cc1F. The van der Waals surface area contributed by atoms with Crippen LogP contribution in [0.15, 0.2) is 53.7 Å². The third-order valence-corrected chi connectivity index (χ3v) is 8.55. The molecule has 10 heteroatoms. The van der Waals surface area contributed by atoms with Crippen molar-refractivity contribution >= 4 is 26.7 Å². The van der Waals surface area contributed by atoms with Crippen LogP contribution < -0.4 is 4.72 Å². The van der Waals surface area contributed by atoms with Crippen LogP contribution in [0.3, 0.4) is 0 Å². The summed E-state index contributed by atoms with van der Waals surface area (Å²) in [6.45, 7) is 1.00. The summed E-state index contributed by atoms with van der Waals surface area (Å²) in [6, 6.07) is 12.0. The van der Waals surface area contributed by atoms with Gasteiger partial charge in [0.1, 0.15) is 22.9 Å². The molecule has 3 aromatic rings. The van der Waals surface area contributed by atoms with E-state index in [4.69, 9.17) is 0 Å². The molecule has 1 N–H and O–H groups in total. The zero-order chi connectivity index (χ0) is 22.3. The number of halogens is 2. The molecule has 1 aliphatic carbocycles. The molecule has 0 amide bonds. The maximum absolute atomic E-state index is 15.0. The van der Waals surface area contributed by atoms with Crippen LogP contribution in [0.4, 0.5) is 13.9 Å². The van der Waals surface area contributed by atoms with Crippen molar-refractivity contribution in [3.05, 3.63) is 71.6 Å². The van der Waals surface area contributed by atoms with Crippen molar-refractivity contribution in [2.24, 2.45) is 5.41 Å². The Balaban J connectivity index is 1.40. The number of likely N-dealkylation sites (tertiary alicyclic amines) is 1. The Hall–Kier alpha value is -2.43. The van der Waals surface area contributed by atoms with Crippen LogP contribution in [0.2, 0.25) is 0 Å². The van der Waals surface area contributed by atoms with Gasteiger partial charge in [0.2, 0.25) is 5.13 Å². The smallest absolute Gasteiger partial charge is 0.266 e. The molecule has 2 aromatic carbocycles. The number of anilines is 1. The van der Waals surface area contributed by atoms with Gasteiger partial charge in [-0.1, -0.05) is 30.3 Å². The highest BCUT2D eigenvalue weighted by Crippen LogP contribution is 2.58. The Morgan fingerprint density at radius 2 is 1.91 bits per heavy atom.